The highest BCUT2D eigenvalue weighted by Crippen LogP contribution is 2.37. The van der Waals surface area contributed by atoms with Crippen molar-refractivity contribution in [2.24, 2.45) is 0 Å². The minimum absolute atomic E-state index is 0.189. The van der Waals surface area contributed by atoms with Crippen LogP contribution in [0.1, 0.15) is 11.8 Å². The van der Waals surface area contributed by atoms with Crippen LogP contribution in [0.4, 0.5) is 10.1 Å². The molecule has 0 amide bonds. The number of nitrogens with zero attached hydrogens (tertiary/aromatic N) is 2. The van der Waals surface area contributed by atoms with Crippen molar-refractivity contribution in [1.29, 1.82) is 0 Å². The Bertz CT molecular complexity index is 877. The summed E-state index contributed by atoms with van der Waals surface area (Å²) in [6.07, 6.45) is 3.71. The molecule has 1 fully saturated rings. The first-order valence-electron chi connectivity index (χ1n) is 8.21. The number of hydrogen-bond acceptors (Lipinski definition) is 3. The number of aromatic nitrogens is 1. The number of methoxy groups -OCH3 is 1. The van der Waals surface area contributed by atoms with Crippen molar-refractivity contribution in [3.63, 3.8) is 0 Å². The Morgan fingerprint density at radius 1 is 1.12 bits per heavy atom. The SMILES string of the molecule is COc1ccccc1N1CCOC1c1ccn(-c2cccc(F)c2)c1. The van der Waals surface area contributed by atoms with Gasteiger partial charge in [-0.05, 0) is 36.4 Å². The van der Waals surface area contributed by atoms with Gasteiger partial charge in [0.1, 0.15) is 11.6 Å². The monoisotopic (exact) mass is 338 g/mol. The van der Waals surface area contributed by atoms with Crippen LogP contribution in [0.5, 0.6) is 5.75 Å². The molecule has 0 N–H and O–H groups in total. The fourth-order valence-corrected chi connectivity index (χ4v) is 3.22. The van der Waals surface area contributed by atoms with Crippen LogP contribution in [0.25, 0.3) is 5.69 Å². The molecular formula is C20H19FN2O2. The van der Waals surface area contributed by atoms with Crippen LogP contribution in [0.3, 0.4) is 0 Å². The summed E-state index contributed by atoms with van der Waals surface area (Å²) in [5, 5.41) is 0. The van der Waals surface area contributed by atoms with Crippen LogP contribution in [0.2, 0.25) is 0 Å². The van der Waals surface area contributed by atoms with E-state index in [4.69, 9.17) is 9.47 Å². The third kappa shape index (κ3) is 2.98. The molecule has 4 rings (SSSR count). The molecule has 1 aromatic heterocycles. The van der Waals surface area contributed by atoms with E-state index in [1.165, 1.54) is 12.1 Å². The molecule has 1 aliphatic rings. The van der Waals surface area contributed by atoms with Crippen LogP contribution in [-0.4, -0.2) is 24.8 Å². The minimum Gasteiger partial charge on any atom is -0.495 e. The topological polar surface area (TPSA) is 26.6 Å². The average molecular weight is 338 g/mol. The van der Waals surface area contributed by atoms with Gasteiger partial charge in [0.2, 0.25) is 0 Å². The summed E-state index contributed by atoms with van der Waals surface area (Å²) >= 11 is 0. The summed E-state index contributed by atoms with van der Waals surface area (Å²) in [5.74, 6) is 0.572. The third-order valence-electron chi connectivity index (χ3n) is 4.39. The molecule has 1 aliphatic heterocycles. The lowest BCUT2D eigenvalue weighted by Gasteiger charge is -2.26. The molecule has 128 valence electrons. The normalized spacial score (nSPS) is 17.0. The second kappa shape index (κ2) is 6.61. The molecule has 3 aromatic rings. The summed E-state index contributed by atoms with van der Waals surface area (Å²) in [6.45, 7) is 1.43. The number of ether oxygens (including phenoxy) is 2. The predicted molar refractivity (Wildman–Crippen MR) is 94.8 cm³/mol. The second-order valence-corrected chi connectivity index (χ2v) is 5.92. The van der Waals surface area contributed by atoms with E-state index in [2.05, 4.69) is 4.90 Å². The first kappa shape index (κ1) is 15.7. The molecule has 1 unspecified atom stereocenters. The summed E-state index contributed by atoms with van der Waals surface area (Å²) in [7, 11) is 1.67. The van der Waals surface area contributed by atoms with E-state index >= 15 is 0 Å². The van der Waals surface area contributed by atoms with Gasteiger partial charge in [0.05, 0.1) is 19.4 Å². The Morgan fingerprint density at radius 3 is 2.84 bits per heavy atom. The summed E-state index contributed by atoms with van der Waals surface area (Å²) in [5.41, 5.74) is 2.81. The summed E-state index contributed by atoms with van der Waals surface area (Å²) in [6, 6.07) is 16.5. The van der Waals surface area contributed by atoms with Gasteiger partial charge in [0, 0.05) is 30.2 Å². The van der Waals surface area contributed by atoms with Gasteiger partial charge >= 0.3 is 0 Å². The maximum Gasteiger partial charge on any atom is 0.158 e. The van der Waals surface area contributed by atoms with E-state index in [-0.39, 0.29) is 12.0 Å². The molecule has 0 bridgehead atoms. The fraction of sp³-hybridized carbons (Fsp3) is 0.200. The van der Waals surface area contributed by atoms with Gasteiger partial charge in [0.15, 0.2) is 6.23 Å². The smallest absolute Gasteiger partial charge is 0.158 e. The highest BCUT2D eigenvalue weighted by atomic mass is 19.1. The molecule has 1 atom stereocenters. The van der Waals surface area contributed by atoms with Gasteiger partial charge in [-0.15, -0.1) is 0 Å². The number of rotatable bonds is 4. The lowest BCUT2D eigenvalue weighted by atomic mass is 10.2. The van der Waals surface area contributed by atoms with E-state index in [0.29, 0.717) is 6.61 Å². The molecule has 5 heteroatoms. The standard InChI is InChI=1S/C20H19FN2O2/c1-24-19-8-3-2-7-18(19)23-11-12-25-20(23)15-9-10-22(14-15)17-6-4-5-16(21)13-17/h2-10,13-14,20H,11-12H2,1H3. The highest BCUT2D eigenvalue weighted by Gasteiger charge is 2.29. The van der Waals surface area contributed by atoms with Gasteiger partial charge in [-0.1, -0.05) is 18.2 Å². The Labute approximate surface area is 146 Å². The summed E-state index contributed by atoms with van der Waals surface area (Å²) < 4.78 is 26.8. The van der Waals surface area contributed by atoms with Crippen molar-refractivity contribution in [3.05, 3.63) is 78.4 Å². The predicted octanol–water partition coefficient (Wildman–Crippen LogP) is 4.16. The third-order valence-corrected chi connectivity index (χ3v) is 4.39. The lowest BCUT2D eigenvalue weighted by molar-refractivity contribution is 0.113. The van der Waals surface area contributed by atoms with Crippen molar-refractivity contribution < 1.29 is 13.9 Å². The van der Waals surface area contributed by atoms with Gasteiger partial charge in [-0.3, -0.25) is 0 Å². The van der Waals surface area contributed by atoms with E-state index in [9.17, 15) is 4.39 Å². The van der Waals surface area contributed by atoms with E-state index < -0.39 is 0 Å². The van der Waals surface area contributed by atoms with E-state index in [1.54, 1.807) is 13.2 Å². The Kier molecular flexibility index (Phi) is 4.15. The van der Waals surface area contributed by atoms with E-state index in [0.717, 1.165) is 29.2 Å². The number of para-hydroxylation sites is 2. The molecule has 0 saturated carbocycles. The molecule has 1 saturated heterocycles. The van der Waals surface area contributed by atoms with Crippen LogP contribution >= 0.6 is 0 Å². The molecular weight excluding hydrogens is 319 g/mol. The quantitative estimate of drug-likeness (QED) is 0.715. The largest absolute Gasteiger partial charge is 0.495 e. The first-order chi connectivity index (χ1) is 12.3. The molecule has 25 heavy (non-hydrogen) atoms. The van der Waals surface area contributed by atoms with Crippen molar-refractivity contribution in [2.75, 3.05) is 25.2 Å². The highest BCUT2D eigenvalue weighted by molar-refractivity contribution is 5.60. The van der Waals surface area contributed by atoms with Crippen LogP contribution in [-0.2, 0) is 4.74 Å². The maximum absolute atomic E-state index is 13.5. The average Bonchev–Trinajstić information content (AvgIpc) is 3.30. The molecule has 2 aromatic carbocycles. The first-order valence-corrected chi connectivity index (χ1v) is 8.21. The van der Waals surface area contributed by atoms with Gasteiger partial charge in [-0.25, -0.2) is 4.39 Å². The van der Waals surface area contributed by atoms with Crippen LogP contribution in [0.15, 0.2) is 67.0 Å². The van der Waals surface area contributed by atoms with Crippen molar-refractivity contribution >= 4 is 5.69 Å². The lowest BCUT2D eigenvalue weighted by Crippen LogP contribution is -2.23. The molecule has 0 aliphatic carbocycles. The number of anilines is 1. The molecule has 0 spiro atoms. The van der Waals surface area contributed by atoms with E-state index in [1.807, 2.05) is 53.4 Å². The summed E-state index contributed by atoms with van der Waals surface area (Å²) in [4.78, 5) is 2.18. The fourth-order valence-electron chi connectivity index (χ4n) is 3.22. The van der Waals surface area contributed by atoms with Gasteiger partial charge < -0.3 is 18.9 Å². The van der Waals surface area contributed by atoms with Crippen LogP contribution in [0, 0.1) is 5.82 Å². The van der Waals surface area contributed by atoms with Crippen molar-refractivity contribution in [3.8, 4) is 11.4 Å². The van der Waals surface area contributed by atoms with Gasteiger partial charge in [-0.2, -0.15) is 0 Å². The Hall–Kier alpha value is -2.79. The minimum atomic E-state index is -0.250. The maximum atomic E-state index is 13.5. The van der Waals surface area contributed by atoms with Crippen molar-refractivity contribution in [2.45, 2.75) is 6.23 Å². The zero-order valence-corrected chi connectivity index (χ0v) is 13.9. The molecule has 0 radical (unpaired) electrons. The van der Waals surface area contributed by atoms with Crippen molar-refractivity contribution in [1.82, 2.24) is 4.57 Å². The Morgan fingerprint density at radius 2 is 2.00 bits per heavy atom. The number of hydrogen-bond donors (Lipinski definition) is 0. The molecule has 2 heterocycles. The zero-order chi connectivity index (χ0) is 17.2. The zero-order valence-electron chi connectivity index (χ0n) is 13.9. The van der Waals surface area contributed by atoms with Crippen LogP contribution < -0.4 is 9.64 Å². The number of benzene rings is 2. The molecule has 4 nitrogen and oxygen atoms in total. The second-order valence-electron chi connectivity index (χ2n) is 5.92. The number of halogens is 1. The Balaban J connectivity index is 1.65. The van der Waals surface area contributed by atoms with Gasteiger partial charge in [0.25, 0.3) is 0 Å².